The molecule has 0 fully saturated rings. The Balaban J connectivity index is 1.53. The highest BCUT2D eigenvalue weighted by molar-refractivity contribution is 5.90. The summed E-state index contributed by atoms with van der Waals surface area (Å²) >= 11 is 0. The van der Waals surface area contributed by atoms with Crippen LogP contribution in [0.25, 0.3) is 11.5 Å². The van der Waals surface area contributed by atoms with Crippen LogP contribution < -0.4 is 10.2 Å². The average Bonchev–Trinajstić information content (AvgIpc) is 3.50. The lowest BCUT2D eigenvalue weighted by atomic mass is 10.0. The Morgan fingerprint density at radius 1 is 0.895 bits per heavy atom. The van der Waals surface area contributed by atoms with Gasteiger partial charge >= 0.3 is 6.03 Å². The van der Waals surface area contributed by atoms with Crippen molar-refractivity contribution in [3.05, 3.63) is 126 Å². The molecule has 0 aliphatic carbocycles. The van der Waals surface area contributed by atoms with Gasteiger partial charge in [-0.1, -0.05) is 48.5 Å². The van der Waals surface area contributed by atoms with E-state index in [1.807, 2.05) is 85.2 Å². The van der Waals surface area contributed by atoms with Gasteiger partial charge in [0.1, 0.15) is 5.82 Å². The number of aryl methyl sites for hydroxylation is 1. The largest absolute Gasteiger partial charge is 0.378 e. The number of amides is 2. The van der Waals surface area contributed by atoms with E-state index in [1.54, 1.807) is 0 Å². The number of anilines is 2. The van der Waals surface area contributed by atoms with Gasteiger partial charge in [-0.15, -0.1) is 0 Å². The molecule has 6 rings (SSSR count). The van der Waals surface area contributed by atoms with E-state index >= 15 is 0 Å². The Bertz CT molecular complexity index is 1570. The van der Waals surface area contributed by atoms with Crippen molar-refractivity contribution in [2.24, 2.45) is 0 Å². The molecule has 1 N–H and O–H groups in total. The van der Waals surface area contributed by atoms with Crippen LogP contribution in [0.4, 0.5) is 16.2 Å². The molecule has 0 saturated carbocycles. The number of nitrogens with zero attached hydrogens (tertiary/aromatic N) is 5. The van der Waals surface area contributed by atoms with E-state index in [2.05, 4.69) is 63.4 Å². The number of urea groups is 1. The molecule has 5 aromatic rings. The molecule has 7 nitrogen and oxygen atoms in total. The zero-order chi connectivity index (χ0) is 26.2. The van der Waals surface area contributed by atoms with Crippen LogP contribution in [0, 0.1) is 6.92 Å². The molecular weight excluding hydrogens is 472 g/mol. The second kappa shape index (κ2) is 9.59. The van der Waals surface area contributed by atoms with Crippen molar-refractivity contribution in [2.45, 2.75) is 19.5 Å². The molecule has 0 bridgehead atoms. The number of fused-ring (bicyclic) bond motifs is 3. The van der Waals surface area contributed by atoms with Crippen molar-refractivity contribution in [3.63, 3.8) is 0 Å². The summed E-state index contributed by atoms with van der Waals surface area (Å²) in [6, 6.07) is 31.8. The van der Waals surface area contributed by atoms with Crippen molar-refractivity contribution in [1.29, 1.82) is 0 Å². The number of aromatic nitrogens is 3. The minimum atomic E-state index is -0.305. The number of nitrogens with one attached hydrogen (secondary N) is 1. The maximum absolute atomic E-state index is 14.0. The standard InChI is InChI=1S/C31H30N6O/c1-22-27-21-36(31(38)32-24-11-6-4-7-12-24)29(23-16-18-25(19-17-23)34(2)3)28-15-10-20-35(28)30(27)37(33-22)26-13-8-5-9-14-26/h4-20,29H,21H2,1-3H3,(H,32,38)/t29-/m1/s1. The molecule has 1 atom stereocenters. The van der Waals surface area contributed by atoms with E-state index in [9.17, 15) is 4.79 Å². The fraction of sp³-hybridized carbons (Fsp3) is 0.161. The number of benzene rings is 3. The molecule has 3 heterocycles. The van der Waals surface area contributed by atoms with Gasteiger partial charge in [0.25, 0.3) is 0 Å². The molecule has 0 unspecified atom stereocenters. The molecule has 0 spiro atoms. The third-order valence-corrected chi connectivity index (χ3v) is 7.10. The molecule has 190 valence electrons. The van der Waals surface area contributed by atoms with Gasteiger partial charge in [-0.3, -0.25) is 0 Å². The van der Waals surface area contributed by atoms with Gasteiger partial charge in [-0.25, -0.2) is 9.48 Å². The smallest absolute Gasteiger partial charge is 0.322 e. The van der Waals surface area contributed by atoms with Gasteiger partial charge in [-0.2, -0.15) is 5.10 Å². The van der Waals surface area contributed by atoms with Crippen molar-refractivity contribution in [1.82, 2.24) is 19.2 Å². The Kier molecular flexibility index (Phi) is 5.96. The topological polar surface area (TPSA) is 58.3 Å². The highest BCUT2D eigenvalue weighted by Crippen LogP contribution is 2.39. The minimum Gasteiger partial charge on any atom is -0.378 e. The van der Waals surface area contributed by atoms with Gasteiger partial charge < -0.3 is 19.7 Å². The number of para-hydroxylation sites is 2. The molecule has 1 aliphatic heterocycles. The normalized spacial score (nSPS) is 14.4. The van der Waals surface area contributed by atoms with Gasteiger partial charge in [-0.05, 0) is 61.0 Å². The number of hydrogen-bond donors (Lipinski definition) is 1. The maximum atomic E-state index is 14.0. The predicted octanol–water partition coefficient (Wildman–Crippen LogP) is 6.17. The first-order valence-corrected chi connectivity index (χ1v) is 12.7. The summed E-state index contributed by atoms with van der Waals surface area (Å²) in [5, 5.41) is 8.04. The van der Waals surface area contributed by atoms with Crippen LogP contribution in [0.3, 0.4) is 0 Å². The van der Waals surface area contributed by atoms with Gasteiger partial charge in [0, 0.05) is 37.2 Å². The Labute approximate surface area is 222 Å². The molecule has 0 radical (unpaired) electrons. The van der Waals surface area contributed by atoms with E-state index < -0.39 is 0 Å². The summed E-state index contributed by atoms with van der Waals surface area (Å²) in [6.45, 7) is 2.43. The number of hydrogen-bond acceptors (Lipinski definition) is 3. The average molecular weight is 503 g/mol. The van der Waals surface area contributed by atoms with Crippen LogP contribution >= 0.6 is 0 Å². The summed E-state index contributed by atoms with van der Waals surface area (Å²) in [5.41, 5.74) is 6.80. The molecule has 1 aliphatic rings. The summed E-state index contributed by atoms with van der Waals surface area (Å²) in [5.74, 6) is 0.957. The Hall–Kier alpha value is -4.78. The second-order valence-electron chi connectivity index (χ2n) is 9.75. The van der Waals surface area contributed by atoms with Gasteiger partial charge in [0.05, 0.1) is 29.7 Å². The van der Waals surface area contributed by atoms with E-state index in [4.69, 9.17) is 5.10 Å². The van der Waals surface area contributed by atoms with Crippen molar-refractivity contribution >= 4 is 17.4 Å². The van der Waals surface area contributed by atoms with Gasteiger partial charge in [0.2, 0.25) is 0 Å². The summed E-state index contributed by atoms with van der Waals surface area (Å²) in [7, 11) is 4.06. The van der Waals surface area contributed by atoms with E-state index in [1.165, 1.54) is 0 Å². The molecule has 2 amide bonds. The molecule has 3 aromatic carbocycles. The lowest BCUT2D eigenvalue weighted by Crippen LogP contribution is -2.38. The first-order chi connectivity index (χ1) is 18.5. The van der Waals surface area contributed by atoms with Crippen LogP contribution in [0.2, 0.25) is 0 Å². The van der Waals surface area contributed by atoms with Crippen molar-refractivity contribution in [3.8, 4) is 11.5 Å². The third kappa shape index (κ3) is 4.12. The number of carbonyl (C=O) groups excluding carboxylic acids is 1. The summed E-state index contributed by atoms with van der Waals surface area (Å²) in [6.07, 6.45) is 2.06. The monoisotopic (exact) mass is 502 g/mol. The van der Waals surface area contributed by atoms with E-state index in [0.717, 1.165) is 45.4 Å². The Morgan fingerprint density at radius 2 is 1.58 bits per heavy atom. The van der Waals surface area contributed by atoms with Gasteiger partial charge in [0.15, 0.2) is 0 Å². The summed E-state index contributed by atoms with van der Waals surface area (Å²) in [4.78, 5) is 18.0. The van der Waals surface area contributed by atoms with Crippen molar-refractivity contribution in [2.75, 3.05) is 24.3 Å². The van der Waals surface area contributed by atoms with Crippen LogP contribution in [-0.4, -0.2) is 39.4 Å². The number of carbonyl (C=O) groups is 1. The van der Waals surface area contributed by atoms with E-state index in [0.29, 0.717) is 6.54 Å². The summed E-state index contributed by atoms with van der Waals surface area (Å²) < 4.78 is 4.17. The third-order valence-electron chi connectivity index (χ3n) is 7.10. The highest BCUT2D eigenvalue weighted by atomic mass is 16.2. The van der Waals surface area contributed by atoms with E-state index in [-0.39, 0.29) is 12.1 Å². The minimum absolute atomic E-state index is 0.162. The SMILES string of the molecule is Cc1nn(-c2ccccc2)c2c1CN(C(=O)Nc1ccccc1)[C@H](c1ccc(N(C)C)cc1)c1cccn1-2. The highest BCUT2D eigenvalue weighted by Gasteiger charge is 2.36. The predicted molar refractivity (Wildman–Crippen MR) is 151 cm³/mol. The lowest BCUT2D eigenvalue weighted by Gasteiger charge is -2.31. The van der Waals surface area contributed by atoms with Crippen LogP contribution in [0.1, 0.15) is 28.6 Å². The van der Waals surface area contributed by atoms with Crippen LogP contribution in [0.5, 0.6) is 0 Å². The molecule has 0 saturated heterocycles. The quantitative estimate of drug-likeness (QED) is 0.320. The molecule has 2 aromatic heterocycles. The fourth-order valence-corrected chi connectivity index (χ4v) is 5.17. The van der Waals surface area contributed by atoms with Crippen LogP contribution in [0.15, 0.2) is 103 Å². The lowest BCUT2D eigenvalue weighted by molar-refractivity contribution is 0.194. The zero-order valence-corrected chi connectivity index (χ0v) is 21.7. The zero-order valence-electron chi connectivity index (χ0n) is 21.7. The molecule has 38 heavy (non-hydrogen) atoms. The van der Waals surface area contributed by atoms with Crippen molar-refractivity contribution < 1.29 is 4.79 Å². The number of rotatable bonds is 4. The first kappa shape index (κ1) is 23.6. The van der Waals surface area contributed by atoms with Crippen LogP contribution in [-0.2, 0) is 6.54 Å². The second-order valence-corrected chi connectivity index (χ2v) is 9.75. The molecular formula is C31H30N6O. The Morgan fingerprint density at radius 3 is 2.26 bits per heavy atom. The fourth-order valence-electron chi connectivity index (χ4n) is 5.17. The maximum Gasteiger partial charge on any atom is 0.322 e. The first-order valence-electron chi connectivity index (χ1n) is 12.7. The molecule has 7 heteroatoms.